The maximum Gasteiger partial charge on any atom is 0.421 e. The summed E-state index contributed by atoms with van der Waals surface area (Å²) in [4.78, 5) is 0. The summed E-state index contributed by atoms with van der Waals surface area (Å²) in [5.74, 6) is 0.0508. The predicted molar refractivity (Wildman–Crippen MR) is 78.4 cm³/mol. The number of para-hydroxylation sites is 1. The van der Waals surface area contributed by atoms with Crippen molar-refractivity contribution >= 4 is 0 Å². The van der Waals surface area contributed by atoms with E-state index in [2.05, 4.69) is 0 Å². The zero-order chi connectivity index (χ0) is 16.4. The number of benzene rings is 2. The Morgan fingerprint density at radius 2 is 1.55 bits per heavy atom. The topological polar surface area (TPSA) is 40.5 Å². The minimum atomic E-state index is -4.74. The zero-order valence-electron chi connectivity index (χ0n) is 12.1. The lowest BCUT2D eigenvalue weighted by molar-refractivity contribution is -0.269. The van der Waals surface area contributed by atoms with Crippen LogP contribution in [0.4, 0.5) is 13.2 Å². The van der Waals surface area contributed by atoms with Gasteiger partial charge in [0.05, 0.1) is 0 Å². The molecular formula is C17H17F3O2. The number of phenols is 1. The third-order valence-electron chi connectivity index (χ3n) is 3.66. The van der Waals surface area contributed by atoms with Crippen LogP contribution < -0.4 is 0 Å². The molecule has 0 radical (unpaired) electrons. The lowest BCUT2D eigenvalue weighted by Gasteiger charge is -2.30. The molecule has 2 rings (SSSR count). The summed E-state index contributed by atoms with van der Waals surface area (Å²) in [6, 6.07) is 12.0. The van der Waals surface area contributed by atoms with Gasteiger partial charge in [0.15, 0.2) is 5.60 Å². The van der Waals surface area contributed by atoms with Crippen LogP contribution in [0.25, 0.3) is 11.1 Å². The van der Waals surface area contributed by atoms with Crippen LogP contribution in [-0.2, 0) is 5.60 Å². The van der Waals surface area contributed by atoms with Gasteiger partial charge in [-0.3, -0.25) is 0 Å². The van der Waals surface area contributed by atoms with Crippen molar-refractivity contribution < 1.29 is 23.4 Å². The molecule has 5 heteroatoms. The second-order valence-corrected chi connectivity index (χ2v) is 5.20. The number of hydrogen-bond acceptors (Lipinski definition) is 2. The molecule has 0 spiro atoms. The number of phenolic OH excluding ortho intramolecular Hbond substituents is 1. The van der Waals surface area contributed by atoms with E-state index in [1.54, 1.807) is 25.1 Å². The quantitative estimate of drug-likeness (QED) is 0.866. The van der Waals surface area contributed by atoms with Gasteiger partial charge in [0.25, 0.3) is 0 Å². The van der Waals surface area contributed by atoms with Crippen molar-refractivity contribution in [2.75, 3.05) is 0 Å². The molecule has 0 aromatic heterocycles. The molecule has 0 heterocycles. The summed E-state index contributed by atoms with van der Waals surface area (Å²) in [5.41, 5.74) is -1.93. The second kappa shape index (κ2) is 6.01. The van der Waals surface area contributed by atoms with Gasteiger partial charge < -0.3 is 10.2 Å². The van der Waals surface area contributed by atoms with Gasteiger partial charge in [-0.15, -0.1) is 0 Å². The van der Waals surface area contributed by atoms with Gasteiger partial charge in [0, 0.05) is 5.56 Å². The monoisotopic (exact) mass is 310 g/mol. The average Bonchev–Trinajstić information content (AvgIpc) is 2.47. The molecule has 0 aliphatic heterocycles. The molecular weight excluding hydrogens is 293 g/mol. The molecule has 0 amide bonds. The highest BCUT2D eigenvalue weighted by atomic mass is 19.4. The summed E-state index contributed by atoms with van der Waals surface area (Å²) < 4.78 is 39.5. The van der Waals surface area contributed by atoms with Crippen LogP contribution in [0.2, 0.25) is 0 Å². The molecule has 0 saturated carbocycles. The summed E-state index contributed by atoms with van der Waals surface area (Å²) >= 11 is 0. The Hall–Kier alpha value is -2.01. The highest BCUT2D eigenvalue weighted by molar-refractivity contribution is 5.70. The van der Waals surface area contributed by atoms with Crippen molar-refractivity contribution in [2.45, 2.75) is 31.5 Å². The molecule has 118 valence electrons. The van der Waals surface area contributed by atoms with E-state index in [0.29, 0.717) is 11.1 Å². The molecule has 2 nitrogen and oxygen atoms in total. The maximum atomic E-state index is 13.2. The Morgan fingerprint density at radius 3 is 2.05 bits per heavy atom. The van der Waals surface area contributed by atoms with Crippen molar-refractivity contribution in [2.24, 2.45) is 0 Å². The molecule has 0 saturated heterocycles. The summed E-state index contributed by atoms with van der Waals surface area (Å²) in [6.07, 6.45) is -4.93. The Morgan fingerprint density at radius 1 is 0.955 bits per heavy atom. The van der Waals surface area contributed by atoms with Crippen LogP contribution in [0, 0.1) is 0 Å². The highest BCUT2D eigenvalue weighted by Gasteiger charge is 2.54. The van der Waals surface area contributed by atoms with Crippen molar-refractivity contribution in [3.8, 4) is 16.9 Å². The molecule has 2 aromatic carbocycles. The molecule has 0 fully saturated rings. The number of aliphatic hydroxyl groups is 1. The van der Waals surface area contributed by atoms with E-state index in [1.165, 1.54) is 30.3 Å². The summed E-state index contributed by atoms with van der Waals surface area (Å²) in [5, 5.41) is 19.8. The Bertz CT molecular complexity index is 635. The van der Waals surface area contributed by atoms with E-state index in [9.17, 15) is 23.4 Å². The Kier molecular flexibility index (Phi) is 4.47. The van der Waals surface area contributed by atoms with Crippen LogP contribution in [0.5, 0.6) is 5.75 Å². The molecule has 0 aliphatic carbocycles. The minimum Gasteiger partial charge on any atom is -0.507 e. The lowest BCUT2D eigenvalue weighted by atomic mass is 9.87. The summed E-state index contributed by atoms with van der Waals surface area (Å²) in [6.45, 7) is 1.59. The second-order valence-electron chi connectivity index (χ2n) is 5.20. The fourth-order valence-electron chi connectivity index (χ4n) is 2.45. The summed E-state index contributed by atoms with van der Waals surface area (Å²) in [7, 11) is 0. The minimum absolute atomic E-state index is 0.0508. The van der Waals surface area contributed by atoms with Crippen molar-refractivity contribution in [1.29, 1.82) is 0 Å². The van der Waals surface area contributed by atoms with E-state index in [4.69, 9.17) is 0 Å². The smallest absolute Gasteiger partial charge is 0.421 e. The van der Waals surface area contributed by atoms with Crippen molar-refractivity contribution in [3.63, 3.8) is 0 Å². The third-order valence-corrected chi connectivity index (χ3v) is 3.66. The first kappa shape index (κ1) is 16.4. The van der Waals surface area contributed by atoms with Crippen LogP contribution >= 0.6 is 0 Å². The lowest BCUT2D eigenvalue weighted by Crippen LogP contribution is -2.42. The first-order valence-corrected chi connectivity index (χ1v) is 6.97. The van der Waals surface area contributed by atoms with Gasteiger partial charge in [-0.2, -0.15) is 13.2 Å². The number of hydrogen-bond donors (Lipinski definition) is 2. The number of alkyl halides is 3. The molecule has 2 N–H and O–H groups in total. The average molecular weight is 310 g/mol. The maximum absolute atomic E-state index is 13.2. The molecule has 0 aliphatic rings. The number of aromatic hydroxyl groups is 1. The third kappa shape index (κ3) is 2.95. The van der Waals surface area contributed by atoms with Gasteiger partial charge in [0.1, 0.15) is 5.75 Å². The van der Waals surface area contributed by atoms with Gasteiger partial charge in [-0.25, -0.2) is 0 Å². The largest absolute Gasteiger partial charge is 0.507 e. The van der Waals surface area contributed by atoms with E-state index in [0.717, 1.165) is 0 Å². The van der Waals surface area contributed by atoms with E-state index >= 15 is 0 Å². The molecule has 1 atom stereocenters. The number of halogens is 3. The van der Waals surface area contributed by atoms with Crippen LogP contribution in [-0.4, -0.2) is 16.4 Å². The fraction of sp³-hybridized carbons (Fsp3) is 0.294. The molecule has 22 heavy (non-hydrogen) atoms. The van der Waals surface area contributed by atoms with Gasteiger partial charge in [-0.1, -0.05) is 55.8 Å². The van der Waals surface area contributed by atoms with Crippen molar-refractivity contribution in [3.05, 3.63) is 54.1 Å². The first-order valence-electron chi connectivity index (χ1n) is 6.97. The van der Waals surface area contributed by atoms with Crippen LogP contribution in [0.15, 0.2) is 48.5 Å². The van der Waals surface area contributed by atoms with E-state index in [1.807, 2.05) is 0 Å². The van der Waals surface area contributed by atoms with Gasteiger partial charge in [0.2, 0.25) is 0 Å². The van der Waals surface area contributed by atoms with Crippen molar-refractivity contribution in [1.82, 2.24) is 0 Å². The van der Waals surface area contributed by atoms with E-state index < -0.39 is 18.2 Å². The first-order chi connectivity index (χ1) is 10.3. The Balaban J connectivity index is 2.41. The van der Waals surface area contributed by atoms with Gasteiger partial charge >= 0.3 is 6.18 Å². The van der Waals surface area contributed by atoms with Crippen LogP contribution in [0.3, 0.4) is 0 Å². The SMILES string of the molecule is CCCC(O)(c1ccc(-c2ccccc2O)cc1)C(F)(F)F. The highest BCUT2D eigenvalue weighted by Crippen LogP contribution is 2.43. The molecule has 1 unspecified atom stereocenters. The standard InChI is InChI=1S/C17H17F3O2/c1-2-11-16(22,17(18,19)20)13-9-7-12(8-10-13)14-5-3-4-6-15(14)21/h3-10,21-22H,2,11H2,1H3. The fourth-order valence-corrected chi connectivity index (χ4v) is 2.45. The normalized spacial score (nSPS) is 14.6. The van der Waals surface area contributed by atoms with E-state index in [-0.39, 0.29) is 17.7 Å². The van der Waals surface area contributed by atoms with Crippen LogP contribution in [0.1, 0.15) is 25.3 Å². The van der Waals surface area contributed by atoms with Gasteiger partial charge in [-0.05, 0) is 23.6 Å². The molecule has 0 bridgehead atoms. The zero-order valence-corrected chi connectivity index (χ0v) is 12.1. The predicted octanol–water partition coefficient (Wildman–Crippen LogP) is 4.61. The Labute approximate surface area is 126 Å². The number of rotatable bonds is 4. The molecule has 2 aromatic rings.